The number of rotatable bonds is 3. The van der Waals surface area contributed by atoms with Crippen LogP contribution in [0.25, 0.3) is 0 Å². The average Bonchev–Trinajstić information content (AvgIpc) is 3.03. The van der Waals surface area contributed by atoms with Gasteiger partial charge in [-0.1, -0.05) is 6.92 Å². The van der Waals surface area contributed by atoms with Gasteiger partial charge in [0.25, 0.3) is 0 Å². The second-order valence-corrected chi connectivity index (χ2v) is 6.90. The van der Waals surface area contributed by atoms with Crippen molar-refractivity contribution in [2.24, 2.45) is 11.3 Å². The number of nitrogens with zero attached hydrogens (tertiary/aromatic N) is 5. The molecule has 2 fully saturated rings. The lowest BCUT2D eigenvalue weighted by Crippen LogP contribution is -2.43. The minimum atomic E-state index is -0.510. The highest BCUT2D eigenvalue weighted by Crippen LogP contribution is 2.45. The molecule has 2 saturated heterocycles. The molecule has 2 atom stereocenters. The lowest BCUT2D eigenvalue weighted by molar-refractivity contribution is -0.141. The van der Waals surface area contributed by atoms with Crippen molar-refractivity contribution in [1.29, 1.82) is 0 Å². The molecule has 2 amide bonds. The number of halogens is 1. The van der Waals surface area contributed by atoms with Crippen molar-refractivity contribution in [3.63, 3.8) is 0 Å². The van der Waals surface area contributed by atoms with Crippen molar-refractivity contribution in [2.45, 2.75) is 13.3 Å². The van der Waals surface area contributed by atoms with Crippen molar-refractivity contribution >= 4 is 17.8 Å². The monoisotopic (exact) mass is 335 g/mol. The summed E-state index contributed by atoms with van der Waals surface area (Å²) < 4.78 is 13.0. The van der Waals surface area contributed by atoms with E-state index < -0.39 is 11.2 Å². The molecule has 1 aromatic rings. The van der Waals surface area contributed by atoms with E-state index in [1.165, 1.54) is 4.90 Å². The van der Waals surface area contributed by atoms with Crippen molar-refractivity contribution in [3.05, 3.63) is 18.2 Å². The second-order valence-electron chi connectivity index (χ2n) is 6.90. The Labute approximate surface area is 140 Å². The summed E-state index contributed by atoms with van der Waals surface area (Å²) in [5.74, 6) is 0.0273. The van der Waals surface area contributed by atoms with E-state index in [9.17, 15) is 14.0 Å². The third-order valence-electron chi connectivity index (χ3n) is 5.17. The van der Waals surface area contributed by atoms with Crippen LogP contribution in [0, 0.1) is 17.2 Å². The molecule has 7 nitrogen and oxygen atoms in total. The summed E-state index contributed by atoms with van der Waals surface area (Å²) >= 11 is 0. The van der Waals surface area contributed by atoms with Gasteiger partial charge in [-0.25, -0.2) is 14.4 Å². The molecule has 0 aliphatic carbocycles. The zero-order valence-electron chi connectivity index (χ0n) is 14.2. The smallest absolute Gasteiger partial charge is 0.241 e. The number of likely N-dealkylation sites (tertiary alicyclic amines) is 1. The highest BCUT2D eigenvalue weighted by atomic mass is 19.1. The van der Waals surface area contributed by atoms with E-state index in [0.717, 1.165) is 12.4 Å². The number of anilines is 1. The van der Waals surface area contributed by atoms with E-state index in [1.807, 2.05) is 11.8 Å². The van der Waals surface area contributed by atoms with Crippen LogP contribution in [0.4, 0.5) is 10.3 Å². The molecular weight excluding hydrogens is 313 g/mol. The molecule has 0 bridgehead atoms. The lowest BCUT2D eigenvalue weighted by Gasteiger charge is -2.26. The Hall–Kier alpha value is -2.25. The molecule has 1 aromatic heterocycles. The minimum Gasteiger partial charge on any atom is -0.347 e. The Kier molecular flexibility index (Phi) is 4.15. The van der Waals surface area contributed by atoms with Gasteiger partial charge in [0.05, 0.1) is 24.4 Å². The number of amides is 2. The van der Waals surface area contributed by atoms with Crippen LogP contribution in [-0.2, 0) is 9.59 Å². The van der Waals surface area contributed by atoms with Crippen LogP contribution in [0.1, 0.15) is 13.3 Å². The molecular formula is C16H22FN5O2. The predicted molar refractivity (Wildman–Crippen MR) is 85.7 cm³/mol. The molecule has 3 heterocycles. The van der Waals surface area contributed by atoms with Gasteiger partial charge in [-0.05, 0) is 12.3 Å². The molecule has 0 aromatic carbocycles. The van der Waals surface area contributed by atoms with Gasteiger partial charge < -0.3 is 14.7 Å². The number of hydrogen-bond donors (Lipinski definition) is 0. The topological polar surface area (TPSA) is 69.6 Å². The summed E-state index contributed by atoms with van der Waals surface area (Å²) in [4.78, 5) is 38.0. The maximum atomic E-state index is 13.0. The first-order valence-corrected chi connectivity index (χ1v) is 8.05. The van der Waals surface area contributed by atoms with Crippen LogP contribution >= 0.6 is 0 Å². The number of hydrogen-bond acceptors (Lipinski definition) is 5. The van der Waals surface area contributed by atoms with E-state index in [2.05, 4.69) is 9.97 Å². The summed E-state index contributed by atoms with van der Waals surface area (Å²) in [6, 6.07) is 0. The fourth-order valence-electron chi connectivity index (χ4n) is 3.60. The number of likely N-dealkylation sites (N-methyl/N-ethyl adjacent to an activating group) is 1. The van der Waals surface area contributed by atoms with Gasteiger partial charge in [0.2, 0.25) is 17.8 Å². The molecule has 24 heavy (non-hydrogen) atoms. The standard InChI is InChI=1S/C16H22FN5O2/c1-11-8-22(15-18-6-12(17)7-19-15)10-16(11)4-5-21(14(16)24)9-13(23)20(2)3/h6-7,11H,4-5,8-10H2,1-3H3/t11-,16-/m1/s1. The van der Waals surface area contributed by atoms with Crippen LogP contribution in [0.5, 0.6) is 0 Å². The van der Waals surface area contributed by atoms with Crippen LogP contribution in [0.2, 0.25) is 0 Å². The van der Waals surface area contributed by atoms with Gasteiger partial charge in [-0.3, -0.25) is 9.59 Å². The zero-order chi connectivity index (χ0) is 17.5. The summed E-state index contributed by atoms with van der Waals surface area (Å²) in [5.41, 5.74) is -0.510. The Morgan fingerprint density at radius 1 is 1.42 bits per heavy atom. The summed E-state index contributed by atoms with van der Waals surface area (Å²) in [6.07, 6.45) is 2.98. The highest BCUT2D eigenvalue weighted by Gasteiger charge is 2.55. The Bertz CT molecular complexity index is 650. The molecule has 3 rings (SSSR count). The van der Waals surface area contributed by atoms with E-state index in [0.29, 0.717) is 32.0 Å². The van der Waals surface area contributed by atoms with Gasteiger partial charge in [-0.2, -0.15) is 0 Å². The molecule has 130 valence electrons. The van der Waals surface area contributed by atoms with E-state index in [1.54, 1.807) is 19.0 Å². The van der Waals surface area contributed by atoms with Crippen LogP contribution in [0.3, 0.4) is 0 Å². The van der Waals surface area contributed by atoms with Crippen molar-refractivity contribution < 1.29 is 14.0 Å². The second kappa shape index (κ2) is 5.99. The SMILES string of the molecule is C[C@@H]1CN(c2ncc(F)cn2)C[C@]12CCN(CC(=O)N(C)C)C2=O. The predicted octanol–water partition coefficient (Wildman–Crippen LogP) is 0.379. The van der Waals surface area contributed by atoms with E-state index >= 15 is 0 Å². The molecule has 2 aliphatic heterocycles. The Morgan fingerprint density at radius 2 is 2.08 bits per heavy atom. The molecule has 0 saturated carbocycles. The summed E-state index contributed by atoms with van der Waals surface area (Å²) in [5, 5.41) is 0. The largest absolute Gasteiger partial charge is 0.347 e. The minimum absolute atomic E-state index is 0.0230. The highest BCUT2D eigenvalue weighted by molar-refractivity contribution is 5.90. The van der Waals surface area contributed by atoms with E-state index in [-0.39, 0.29) is 24.3 Å². The first-order valence-electron chi connectivity index (χ1n) is 8.05. The van der Waals surface area contributed by atoms with Gasteiger partial charge in [0, 0.05) is 33.7 Å². The molecule has 0 N–H and O–H groups in total. The zero-order valence-corrected chi connectivity index (χ0v) is 14.2. The number of carbonyl (C=O) groups is 2. The molecule has 2 aliphatic rings. The summed E-state index contributed by atoms with van der Waals surface area (Å²) in [7, 11) is 3.37. The quantitative estimate of drug-likeness (QED) is 0.799. The van der Waals surface area contributed by atoms with E-state index in [4.69, 9.17) is 0 Å². The lowest BCUT2D eigenvalue weighted by atomic mass is 9.78. The van der Waals surface area contributed by atoms with Crippen molar-refractivity contribution in [3.8, 4) is 0 Å². The normalized spacial score (nSPS) is 26.5. The third-order valence-corrected chi connectivity index (χ3v) is 5.17. The van der Waals surface area contributed by atoms with Crippen molar-refractivity contribution in [2.75, 3.05) is 45.2 Å². The van der Waals surface area contributed by atoms with Crippen molar-refractivity contribution in [1.82, 2.24) is 19.8 Å². The summed E-state index contributed by atoms with van der Waals surface area (Å²) in [6.45, 7) is 3.89. The fourth-order valence-corrected chi connectivity index (χ4v) is 3.60. The first-order chi connectivity index (χ1) is 11.3. The molecule has 8 heteroatoms. The Balaban J connectivity index is 1.75. The fraction of sp³-hybridized carbons (Fsp3) is 0.625. The Morgan fingerprint density at radius 3 is 2.71 bits per heavy atom. The van der Waals surface area contributed by atoms with Crippen LogP contribution in [0.15, 0.2) is 12.4 Å². The van der Waals surface area contributed by atoms with Crippen LogP contribution in [-0.4, -0.2) is 71.9 Å². The van der Waals surface area contributed by atoms with Gasteiger partial charge >= 0.3 is 0 Å². The average molecular weight is 335 g/mol. The molecule has 0 radical (unpaired) electrons. The van der Waals surface area contributed by atoms with Gasteiger partial charge in [0.15, 0.2) is 5.82 Å². The van der Waals surface area contributed by atoms with Gasteiger partial charge in [-0.15, -0.1) is 0 Å². The molecule has 1 spiro atoms. The van der Waals surface area contributed by atoms with Gasteiger partial charge in [0.1, 0.15) is 0 Å². The number of aromatic nitrogens is 2. The first kappa shape index (κ1) is 16.6. The molecule has 0 unspecified atom stereocenters. The number of carbonyl (C=O) groups excluding carboxylic acids is 2. The maximum Gasteiger partial charge on any atom is 0.241 e. The van der Waals surface area contributed by atoms with Crippen LogP contribution < -0.4 is 4.90 Å². The maximum absolute atomic E-state index is 13.0. The third kappa shape index (κ3) is 2.70.